The van der Waals surface area contributed by atoms with Gasteiger partial charge in [0, 0.05) is 36.8 Å². The number of aromatic nitrogens is 2. The van der Waals surface area contributed by atoms with Crippen molar-refractivity contribution in [1.82, 2.24) is 19.2 Å². The third-order valence-corrected chi connectivity index (χ3v) is 9.13. The molecule has 5 rings (SSSR count). The number of nitrogens with one attached hydrogen (secondary N) is 2. The van der Waals surface area contributed by atoms with Crippen molar-refractivity contribution in [3.8, 4) is 0 Å². The summed E-state index contributed by atoms with van der Waals surface area (Å²) in [5.74, 6) is 1.08. The Kier molecular flexibility index (Phi) is 8.23. The second-order valence-electron chi connectivity index (χ2n) is 10.2. The van der Waals surface area contributed by atoms with Crippen molar-refractivity contribution in [2.24, 2.45) is 0 Å². The molecule has 2 aromatic carbocycles. The van der Waals surface area contributed by atoms with Gasteiger partial charge in [-0.2, -0.15) is 9.29 Å². The van der Waals surface area contributed by atoms with Gasteiger partial charge in [0.15, 0.2) is 0 Å². The maximum atomic E-state index is 13.8. The minimum atomic E-state index is -3.67. The number of nitrogens with zero attached hydrogens (tertiary/aromatic N) is 4. The Balaban J connectivity index is 1.29. The summed E-state index contributed by atoms with van der Waals surface area (Å²) in [4.78, 5) is 11.4. The predicted molar refractivity (Wildman–Crippen MR) is 150 cm³/mol. The second-order valence-corrected chi connectivity index (χ2v) is 12.0. The van der Waals surface area contributed by atoms with Gasteiger partial charge in [-0.05, 0) is 95.2 Å². The molecular formula is C28H36N6O3S. The molecule has 2 N–H and O–H groups in total. The normalized spacial score (nSPS) is 19.1. The van der Waals surface area contributed by atoms with Crippen LogP contribution in [0.25, 0.3) is 0 Å². The Hall–Kier alpha value is -3.05. The molecule has 3 aromatic rings. The van der Waals surface area contributed by atoms with E-state index >= 15 is 0 Å². The summed E-state index contributed by atoms with van der Waals surface area (Å²) in [6.45, 7) is 4.94. The monoisotopic (exact) mass is 536 g/mol. The van der Waals surface area contributed by atoms with Crippen LogP contribution in [0.2, 0.25) is 0 Å². The van der Waals surface area contributed by atoms with Crippen LogP contribution in [0.15, 0.2) is 65.7 Å². The van der Waals surface area contributed by atoms with Crippen molar-refractivity contribution >= 4 is 33.2 Å². The van der Waals surface area contributed by atoms with Crippen LogP contribution in [-0.4, -0.2) is 73.0 Å². The highest BCUT2D eigenvalue weighted by Gasteiger charge is 2.35. The van der Waals surface area contributed by atoms with Crippen LogP contribution in [-0.2, 0) is 14.8 Å². The Labute approximate surface area is 225 Å². The summed E-state index contributed by atoms with van der Waals surface area (Å²) < 4.78 is 35.1. The molecule has 0 spiro atoms. The van der Waals surface area contributed by atoms with Crippen LogP contribution < -0.4 is 10.6 Å². The van der Waals surface area contributed by atoms with E-state index in [1.54, 1.807) is 40.8 Å². The van der Waals surface area contributed by atoms with E-state index in [2.05, 4.69) is 32.5 Å². The molecule has 1 atom stereocenters. The first-order valence-corrected chi connectivity index (χ1v) is 14.7. The molecule has 9 nitrogen and oxygen atoms in total. The lowest BCUT2D eigenvalue weighted by Crippen LogP contribution is -2.49. The van der Waals surface area contributed by atoms with Gasteiger partial charge in [-0.25, -0.2) is 13.4 Å². The molecule has 2 aliphatic rings. The minimum Gasteiger partial charge on any atom is -0.377 e. The molecule has 3 heterocycles. The minimum absolute atomic E-state index is 0.0182. The van der Waals surface area contributed by atoms with Gasteiger partial charge in [0.2, 0.25) is 16.0 Å². The fraction of sp³-hybridized carbons (Fsp3) is 0.429. The van der Waals surface area contributed by atoms with Crippen LogP contribution in [0.4, 0.5) is 23.1 Å². The number of sulfonamides is 1. The van der Waals surface area contributed by atoms with Crippen molar-refractivity contribution in [2.45, 2.75) is 49.6 Å². The molecule has 2 fully saturated rings. The van der Waals surface area contributed by atoms with Gasteiger partial charge in [-0.3, -0.25) is 0 Å². The Bertz CT molecular complexity index is 1300. The van der Waals surface area contributed by atoms with E-state index in [1.165, 1.54) is 5.56 Å². The Morgan fingerprint density at radius 3 is 2.34 bits per heavy atom. The number of aryl methyl sites for hydroxylation is 1. The molecule has 2 saturated heterocycles. The van der Waals surface area contributed by atoms with Crippen molar-refractivity contribution in [3.05, 3.63) is 66.4 Å². The third kappa shape index (κ3) is 6.50. The molecule has 1 aromatic heterocycles. The average molecular weight is 537 g/mol. The molecule has 10 heteroatoms. The van der Waals surface area contributed by atoms with Crippen LogP contribution in [0.5, 0.6) is 0 Å². The Morgan fingerprint density at radius 1 is 0.974 bits per heavy atom. The predicted octanol–water partition coefficient (Wildman–Crippen LogP) is 4.54. The first kappa shape index (κ1) is 26.6. The summed E-state index contributed by atoms with van der Waals surface area (Å²) in [6, 6.07) is 16.7. The molecule has 0 bridgehead atoms. The Morgan fingerprint density at radius 2 is 1.66 bits per heavy atom. The number of piperidine rings is 1. The molecule has 0 amide bonds. The summed E-state index contributed by atoms with van der Waals surface area (Å²) in [5.41, 5.74) is 2.83. The second kappa shape index (κ2) is 11.8. The number of likely N-dealkylation sites (tertiary alicyclic amines) is 1. The first-order chi connectivity index (χ1) is 18.4. The molecule has 0 radical (unpaired) electrons. The standard InChI is InChI=1S/C28H36N6O3S/c1-21-5-7-22(8-6-21)30-27-13-16-29-28(32-27)31-23-9-11-26(12-10-23)38(35,36)34(20-25-4-3-19-37-25)24-14-17-33(2)18-15-24/h5-13,16,24-25H,3-4,14-15,17-20H2,1-2H3,(H2,29,30,31,32). The number of benzene rings is 2. The van der Waals surface area contributed by atoms with Crippen LogP contribution in [0.3, 0.4) is 0 Å². The molecule has 2 aliphatic heterocycles. The van der Waals surface area contributed by atoms with Gasteiger partial charge in [-0.1, -0.05) is 17.7 Å². The lowest BCUT2D eigenvalue weighted by molar-refractivity contribution is 0.0760. The van der Waals surface area contributed by atoms with Crippen molar-refractivity contribution in [3.63, 3.8) is 0 Å². The zero-order valence-corrected chi connectivity index (χ0v) is 22.8. The van der Waals surface area contributed by atoms with Gasteiger partial charge in [0.05, 0.1) is 11.0 Å². The van der Waals surface area contributed by atoms with E-state index in [1.807, 2.05) is 31.2 Å². The quantitative estimate of drug-likeness (QED) is 0.411. The SMILES string of the molecule is Cc1ccc(Nc2ccnc(Nc3ccc(S(=O)(=O)N(CC4CCCO4)C4CCN(C)CC4)cc3)n2)cc1. The zero-order valence-electron chi connectivity index (χ0n) is 22.0. The number of ether oxygens (including phenoxy) is 1. The van der Waals surface area contributed by atoms with E-state index in [0.29, 0.717) is 30.6 Å². The molecule has 0 saturated carbocycles. The highest BCUT2D eigenvalue weighted by molar-refractivity contribution is 7.89. The fourth-order valence-corrected chi connectivity index (χ4v) is 6.68. The molecule has 1 unspecified atom stereocenters. The summed E-state index contributed by atoms with van der Waals surface area (Å²) in [7, 11) is -1.59. The summed E-state index contributed by atoms with van der Waals surface area (Å²) in [6.07, 6.45) is 5.17. The zero-order chi connectivity index (χ0) is 26.5. The van der Waals surface area contributed by atoms with Gasteiger partial charge >= 0.3 is 0 Å². The highest BCUT2D eigenvalue weighted by atomic mass is 32.2. The van der Waals surface area contributed by atoms with Gasteiger partial charge in [0.1, 0.15) is 5.82 Å². The van der Waals surface area contributed by atoms with E-state index < -0.39 is 10.0 Å². The van der Waals surface area contributed by atoms with Crippen molar-refractivity contribution in [2.75, 3.05) is 43.9 Å². The first-order valence-electron chi connectivity index (χ1n) is 13.2. The molecule has 0 aliphatic carbocycles. The molecule has 38 heavy (non-hydrogen) atoms. The van der Waals surface area contributed by atoms with E-state index in [9.17, 15) is 8.42 Å². The smallest absolute Gasteiger partial charge is 0.243 e. The fourth-order valence-electron chi connectivity index (χ4n) is 4.96. The van der Waals surface area contributed by atoms with Gasteiger partial charge < -0.3 is 20.3 Å². The maximum absolute atomic E-state index is 13.8. The van der Waals surface area contributed by atoms with E-state index in [0.717, 1.165) is 44.5 Å². The number of hydrogen-bond donors (Lipinski definition) is 2. The average Bonchev–Trinajstić information content (AvgIpc) is 3.43. The van der Waals surface area contributed by atoms with Gasteiger partial charge in [0.25, 0.3) is 0 Å². The van der Waals surface area contributed by atoms with Crippen LogP contribution in [0.1, 0.15) is 31.2 Å². The topological polar surface area (TPSA) is 99.7 Å². The highest BCUT2D eigenvalue weighted by Crippen LogP contribution is 2.28. The maximum Gasteiger partial charge on any atom is 0.243 e. The van der Waals surface area contributed by atoms with Gasteiger partial charge in [-0.15, -0.1) is 0 Å². The molecule has 202 valence electrons. The van der Waals surface area contributed by atoms with Crippen molar-refractivity contribution in [1.29, 1.82) is 0 Å². The van der Waals surface area contributed by atoms with Crippen LogP contribution >= 0.6 is 0 Å². The third-order valence-electron chi connectivity index (χ3n) is 7.20. The number of rotatable bonds is 9. The van der Waals surface area contributed by atoms with E-state index in [4.69, 9.17) is 4.74 Å². The van der Waals surface area contributed by atoms with Crippen molar-refractivity contribution < 1.29 is 13.2 Å². The van der Waals surface area contributed by atoms with E-state index in [-0.39, 0.29) is 17.0 Å². The lowest BCUT2D eigenvalue weighted by Gasteiger charge is -2.37. The molecular weight excluding hydrogens is 500 g/mol. The van der Waals surface area contributed by atoms with Crippen LogP contribution in [0, 0.1) is 6.92 Å². The number of anilines is 4. The number of hydrogen-bond acceptors (Lipinski definition) is 8. The lowest BCUT2D eigenvalue weighted by atomic mass is 10.1. The largest absolute Gasteiger partial charge is 0.377 e. The summed E-state index contributed by atoms with van der Waals surface area (Å²) >= 11 is 0. The summed E-state index contributed by atoms with van der Waals surface area (Å²) in [5, 5.41) is 6.45.